The Morgan fingerprint density at radius 2 is 2.00 bits per heavy atom. The fourth-order valence-corrected chi connectivity index (χ4v) is 3.96. The molecule has 2 aromatic carbocycles. The smallest absolute Gasteiger partial charge is 0.289 e. The SMILES string of the molecule is COc1ccc2c(C)c(C(=O)N3CC[C@@](O)(c4ccccc4C)C3)oc2c1. The first kappa shape index (κ1) is 17.6. The fourth-order valence-electron chi connectivity index (χ4n) is 3.96. The van der Waals surface area contributed by atoms with E-state index in [1.807, 2.05) is 50.2 Å². The molecule has 2 heterocycles. The molecule has 27 heavy (non-hydrogen) atoms. The number of likely N-dealkylation sites (tertiary alicyclic amines) is 1. The van der Waals surface area contributed by atoms with Gasteiger partial charge in [-0.3, -0.25) is 4.79 Å². The van der Waals surface area contributed by atoms with Crippen molar-refractivity contribution in [3.05, 3.63) is 64.9 Å². The van der Waals surface area contributed by atoms with E-state index in [4.69, 9.17) is 9.15 Å². The molecule has 1 aliphatic rings. The number of methoxy groups -OCH3 is 1. The van der Waals surface area contributed by atoms with E-state index >= 15 is 0 Å². The van der Waals surface area contributed by atoms with Crippen LogP contribution in [0.25, 0.3) is 11.0 Å². The molecule has 0 aliphatic carbocycles. The number of ether oxygens (including phenoxy) is 1. The molecule has 5 nitrogen and oxygen atoms in total. The van der Waals surface area contributed by atoms with Gasteiger partial charge in [-0.1, -0.05) is 24.3 Å². The summed E-state index contributed by atoms with van der Waals surface area (Å²) in [7, 11) is 1.60. The van der Waals surface area contributed by atoms with Gasteiger partial charge in [0, 0.05) is 23.6 Å². The second-order valence-corrected chi connectivity index (χ2v) is 7.24. The lowest BCUT2D eigenvalue weighted by atomic mass is 9.89. The average molecular weight is 365 g/mol. The number of aryl methyl sites for hydroxylation is 2. The van der Waals surface area contributed by atoms with Crippen molar-refractivity contribution in [1.82, 2.24) is 4.90 Å². The molecule has 1 N–H and O–H groups in total. The molecule has 4 rings (SSSR count). The van der Waals surface area contributed by atoms with Crippen LogP contribution >= 0.6 is 0 Å². The summed E-state index contributed by atoms with van der Waals surface area (Å²) in [5.41, 5.74) is 2.32. The molecule has 140 valence electrons. The molecule has 0 bridgehead atoms. The number of rotatable bonds is 3. The lowest BCUT2D eigenvalue weighted by Crippen LogP contribution is -2.34. The van der Waals surface area contributed by atoms with Crippen LogP contribution in [0.1, 0.15) is 33.7 Å². The average Bonchev–Trinajstić information content (AvgIpc) is 3.22. The van der Waals surface area contributed by atoms with Crippen molar-refractivity contribution in [2.24, 2.45) is 0 Å². The second kappa shape index (κ2) is 6.43. The highest BCUT2D eigenvalue weighted by Gasteiger charge is 2.41. The van der Waals surface area contributed by atoms with E-state index in [9.17, 15) is 9.90 Å². The van der Waals surface area contributed by atoms with Crippen LogP contribution in [0, 0.1) is 13.8 Å². The third-order valence-electron chi connectivity index (χ3n) is 5.52. The summed E-state index contributed by atoms with van der Waals surface area (Å²) >= 11 is 0. The monoisotopic (exact) mass is 365 g/mol. The minimum absolute atomic E-state index is 0.188. The third kappa shape index (κ3) is 2.88. The number of carbonyl (C=O) groups is 1. The molecule has 1 amide bonds. The van der Waals surface area contributed by atoms with Crippen LogP contribution in [0.4, 0.5) is 0 Å². The summed E-state index contributed by atoms with van der Waals surface area (Å²) in [5, 5.41) is 12.0. The van der Waals surface area contributed by atoms with Crippen molar-refractivity contribution in [3.8, 4) is 5.75 Å². The summed E-state index contributed by atoms with van der Waals surface area (Å²) < 4.78 is 11.1. The van der Waals surface area contributed by atoms with Crippen LogP contribution in [0.2, 0.25) is 0 Å². The standard InChI is InChI=1S/C22H23NO4/c1-14-6-4-5-7-18(14)22(25)10-11-23(13-22)21(24)20-15(2)17-9-8-16(26-3)12-19(17)27-20/h4-9,12,25H,10-11,13H2,1-3H3/t22-/m0/s1. The Kier molecular flexibility index (Phi) is 4.19. The molecule has 1 atom stereocenters. The van der Waals surface area contributed by atoms with Crippen LogP contribution in [0.15, 0.2) is 46.9 Å². The van der Waals surface area contributed by atoms with Gasteiger partial charge < -0.3 is 19.2 Å². The maximum Gasteiger partial charge on any atom is 0.289 e. The zero-order valence-electron chi connectivity index (χ0n) is 15.8. The van der Waals surface area contributed by atoms with Crippen molar-refractivity contribution in [1.29, 1.82) is 0 Å². The molecule has 1 aliphatic heterocycles. The van der Waals surface area contributed by atoms with E-state index in [2.05, 4.69) is 0 Å². The van der Waals surface area contributed by atoms with Gasteiger partial charge in [0.1, 0.15) is 16.9 Å². The van der Waals surface area contributed by atoms with Crippen molar-refractivity contribution < 1.29 is 19.1 Å². The number of fused-ring (bicyclic) bond motifs is 1. The fraction of sp³-hybridized carbons (Fsp3) is 0.318. The quantitative estimate of drug-likeness (QED) is 0.767. The van der Waals surface area contributed by atoms with E-state index in [1.165, 1.54) is 0 Å². The Morgan fingerprint density at radius 1 is 1.22 bits per heavy atom. The molecular weight excluding hydrogens is 342 g/mol. The molecule has 5 heteroatoms. The van der Waals surface area contributed by atoms with Crippen molar-refractivity contribution in [3.63, 3.8) is 0 Å². The van der Waals surface area contributed by atoms with Gasteiger partial charge >= 0.3 is 0 Å². The van der Waals surface area contributed by atoms with Crippen molar-refractivity contribution >= 4 is 16.9 Å². The lowest BCUT2D eigenvalue weighted by molar-refractivity contribution is 0.0403. The normalized spacial score (nSPS) is 19.6. The van der Waals surface area contributed by atoms with Crippen LogP contribution in [-0.2, 0) is 5.60 Å². The Bertz CT molecular complexity index is 1020. The maximum absolute atomic E-state index is 13.1. The van der Waals surface area contributed by atoms with E-state index < -0.39 is 5.60 Å². The third-order valence-corrected chi connectivity index (χ3v) is 5.52. The summed E-state index contributed by atoms with van der Waals surface area (Å²) in [6.07, 6.45) is 0.511. The zero-order valence-corrected chi connectivity index (χ0v) is 15.8. The molecule has 0 spiro atoms. The highest BCUT2D eigenvalue weighted by Crippen LogP contribution is 2.36. The number of amides is 1. The number of hydrogen-bond acceptors (Lipinski definition) is 4. The number of furan rings is 1. The van der Waals surface area contributed by atoms with E-state index in [-0.39, 0.29) is 12.5 Å². The number of benzene rings is 2. The first-order chi connectivity index (χ1) is 12.9. The first-order valence-electron chi connectivity index (χ1n) is 9.08. The molecule has 0 saturated carbocycles. The van der Waals surface area contributed by atoms with Gasteiger partial charge in [-0.25, -0.2) is 0 Å². The van der Waals surface area contributed by atoms with Gasteiger partial charge in [0.15, 0.2) is 5.76 Å². The number of carbonyl (C=O) groups excluding carboxylic acids is 1. The Balaban J connectivity index is 1.64. The van der Waals surface area contributed by atoms with Gasteiger partial charge in [-0.2, -0.15) is 0 Å². The summed E-state index contributed by atoms with van der Waals surface area (Å²) in [6, 6.07) is 13.3. The van der Waals surface area contributed by atoms with E-state index in [0.29, 0.717) is 30.1 Å². The number of aliphatic hydroxyl groups is 1. The minimum Gasteiger partial charge on any atom is -0.497 e. The van der Waals surface area contributed by atoms with Crippen molar-refractivity contribution in [2.75, 3.05) is 20.2 Å². The van der Waals surface area contributed by atoms with Gasteiger partial charge in [-0.15, -0.1) is 0 Å². The Morgan fingerprint density at radius 3 is 2.74 bits per heavy atom. The lowest BCUT2D eigenvalue weighted by Gasteiger charge is -2.25. The number of β-amino-alcohol motifs (C(OH)–C–C–N with tert-alkyl or cyclic N) is 1. The summed E-state index contributed by atoms with van der Waals surface area (Å²) in [4.78, 5) is 14.8. The molecule has 1 aromatic heterocycles. The van der Waals surface area contributed by atoms with Gasteiger partial charge in [0.2, 0.25) is 0 Å². The summed E-state index contributed by atoms with van der Waals surface area (Å²) in [5.74, 6) is 0.824. The molecule has 3 aromatic rings. The van der Waals surface area contributed by atoms with Gasteiger partial charge in [0.05, 0.1) is 13.7 Å². The Labute approximate surface area is 158 Å². The van der Waals surface area contributed by atoms with E-state index in [0.717, 1.165) is 22.1 Å². The number of hydrogen-bond donors (Lipinski definition) is 1. The second-order valence-electron chi connectivity index (χ2n) is 7.24. The molecular formula is C22H23NO4. The van der Waals surface area contributed by atoms with Crippen LogP contribution in [-0.4, -0.2) is 36.1 Å². The first-order valence-corrected chi connectivity index (χ1v) is 9.08. The number of nitrogens with zero attached hydrogens (tertiary/aromatic N) is 1. The Hall–Kier alpha value is -2.79. The predicted molar refractivity (Wildman–Crippen MR) is 103 cm³/mol. The molecule has 0 unspecified atom stereocenters. The molecule has 1 fully saturated rings. The largest absolute Gasteiger partial charge is 0.497 e. The highest BCUT2D eigenvalue weighted by molar-refractivity contribution is 5.99. The van der Waals surface area contributed by atoms with Crippen LogP contribution in [0.3, 0.4) is 0 Å². The maximum atomic E-state index is 13.1. The topological polar surface area (TPSA) is 62.9 Å². The zero-order chi connectivity index (χ0) is 19.2. The molecule has 1 saturated heterocycles. The van der Waals surface area contributed by atoms with Crippen molar-refractivity contribution in [2.45, 2.75) is 25.9 Å². The van der Waals surface area contributed by atoms with E-state index in [1.54, 1.807) is 18.1 Å². The minimum atomic E-state index is -1.02. The predicted octanol–water partition coefficient (Wildman–Crippen LogP) is 3.79. The van der Waals surface area contributed by atoms with Gasteiger partial charge in [-0.05, 0) is 43.5 Å². The van der Waals surface area contributed by atoms with Gasteiger partial charge in [0.25, 0.3) is 5.91 Å². The van der Waals surface area contributed by atoms with Crippen LogP contribution in [0.5, 0.6) is 5.75 Å². The molecule has 0 radical (unpaired) electrons. The van der Waals surface area contributed by atoms with Crippen LogP contribution < -0.4 is 4.74 Å². The summed E-state index contributed by atoms with van der Waals surface area (Å²) in [6.45, 7) is 4.61. The highest BCUT2D eigenvalue weighted by atomic mass is 16.5.